The van der Waals surface area contributed by atoms with Gasteiger partial charge in [-0.1, -0.05) is 0 Å². The first kappa shape index (κ1) is 16.6. The van der Waals surface area contributed by atoms with Gasteiger partial charge in [0.2, 0.25) is 0 Å². The summed E-state index contributed by atoms with van der Waals surface area (Å²) in [5, 5.41) is 7.65. The molecule has 0 aliphatic carbocycles. The van der Waals surface area contributed by atoms with Gasteiger partial charge >= 0.3 is 0 Å². The molecule has 0 unspecified atom stereocenters. The van der Waals surface area contributed by atoms with Gasteiger partial charge in [-0.2, -0.15) is 5.10 Å². The van der Waals surface area contributed by atoms with E-state index in [1.54, 1.807) is 18.7 Å². The van der Waals surface area contributed by atoms with Crippen molar-refractivity contribution >= 4 is 22.8 Å². The number of nitrogens with zero attached hydrogens (tertiary/aromatic N) is 6. The molecule has 5 rings (SSSR count). The summed E-state index contributed by atoms with van der Waals surface area (Å²) in [4.78, 5) is 15.3. The summed E-state index contributed by atoms with van der Waals surface area (Å²) in [5.41, 5.74) is 3.90. The van der Waals surface area contributed by atoms with E-state index >= 15 is 0 Å². The number of pyridine rings is 2. The van der Waals surface area contributed by atoms with E-state index in [-0.39, 0.29) is 0 Å². The van der Waals surface area contributed by atoms with E-state index in [2.05, 4.69) is 48.5 Å². The Kier molecular flexibility index (Phi) is 4.30. The van der Waals surface area contributed by atoms with Gasteiger partial charge in [0, 0.05) is 54.7 Å². The van der Waals surface area contributed by atoms with Crippen LogP contribution < -0.4 is 10.2 Å². The molecule has 0 amide bonds. The number of anilines is 3. The molecule has 28 heavy (non-hydrogen) atoms. The molecule has 5 heterocycles. The van der Waals surface area contributed by atoms with Crippen molar-refractivity contribution in [3.63, 3.8) is 0 Å². The van der Waals surface area contributed by atoms with Crippen LogP contribution in [-0.4, -0.2) is 50.9 Å². The number of nitrogens with one attached hydrogen (secondary N) is 1. The van der Waals surface area contributed by atoms with Crippen LogP contribution in [0.25, 0.3) is 16.6 Å². The fraction of sp³-hybridized carbons (Fsp3) is 0.200. The van der Waals surface area contributed by atoms with Crippen LogP contribution in [0.1, 0.15) is 0 Å². The molecule has 4 aromatic heterocycles. The normalized spacial score (nSPS) is 14.4. The van der Waals surface area contributed by atoms with Gasteiger partial charge in [-0.25, -0.2) is 14.5 Å². The average Bonchev–Trinajstić information content (AvgIpc) is 3.21. The molecule has 1 N–H and O–H groups in total. The highest BCUT2D eigenvalue weighted by molar-refractivity contribution is 5.79. The van der Waals surface area contributed by atoms with Crippen molar-refractivity contribution in [3.8, 4) is 11.1 Å². The lowest BCUT2D eigenvalue weighted by Gasteiger charge is -2.27. The van der Waals surface area contributed by atoms with Gasteiger partial charge in [0.25, 0.3) is 0 Å². The topological polar surface area (TPSA) is 80.5 Å². The highest BCUT2D eigenvalue weighted by Crippen LogP contribution is 2.27. The first-order valence-corrected chi connectivity index (χ1v) is 9.16. The fourth-order valence-corrected chi connectivity index (χ4v) is 3.29. The summed E-state index contributed by atoms with van der Waals surface area (Å²) in [6.07, 6.45) is 8.92. The van der Waals surface area contributed by atoms with Crippen LogP contribution in [0.5, 0.6) is 0 Å². The molecule has 0 bridgehead atoms. The van der Waals surface area contributed by atoms with Gasteiger partial charge in [0.15, 0.2) is 5.82 Å². The van der Waals surface area contributed by atoms with E-state index in [1.165, 1.54) is 0 Å². The summed E-state index contributed by atoms with van der Waals surface area (Å²) < 4.78 is 7.23. The molecule has 0 radical (unpaired) electrons. The molecule has 8 heteroatoms. The maximum absolute atomic E-state index is 5.41. The van der Waals surface area contributed by atoms with Crippen molar-refractivity contribution in [1.82, 2.24) is 24.6 Å². The first-order valence-electron chi connectivity index (χ1n) is 9.16. The largest absolute Gasteiger partial charge is 0.378 e. The van der Waals surface area contributed by atoms with Crippen LogP contribution in [-0.2, 0) is 4.74 Å². The van der Waals surface area contributed by atoms with Crippen LogP contribution in [0, 0.1) is 0 Å². The quantitative estimate of drug-likeness (QED) is 0.589. The number of fused-ring (bicyclic) bond motifs is 1. The van der Waals surface area contributed by atoms with E-state index in [9.17, 15) is 0 Å². The third kappa shape index (κ3) is 3.25. The third-order valence-corrected chi connectivity index (χ3v) is 4.77. The van der Waals surface area contributed by atoms with Crippen LogP contribution in [0.2, 0.25) is 0 Å². The molecule has 0 atom stereocenters. The molecular weight excluding hydrogens is 354 g/mol. The van der Waals surface area contributed by atoms with Crippen molar-refractivity contribution in [1.29, 1.82) is 0 Å². The highest BCUT2D eigenvalue weighted by Gasteiger charge is 2.13. The Hall–Kier alpha value is -3.52. The number of ether oxygens (including phenoxy) is 1. The number of morpholine rings is 1. The van der Waals surface area contributed by atoms with Gasteiger partial charge in [0.1, 0.15) is 17.7 Å². The Balaban J connectivity index is 1.44. The fourth-order valence-electron chi connectivity index (χ4n) is 3.29. The van der Waals surface area contributed by atoms with Crippen molar-refractivity contribution in [2.24, 2.45) is 0 Å². The van der Waals surface area contributed by atoms with E-state index in [1.807, 2.05) is 29.0 Å². The average molecular weight is 373 g/mol. The monoisotopic (exact) mass is 373 g/mol. The SMILES string of the molecule is c1cc(Nc2ncnn3cc(-c4ccc(N5CCOCC5)nc4)cc23)ccn1. The lowest BCUT2D eigenvalue weighted by Crippen LogP contribution is -2.36. The zero-order chi connectivity index (χ0) is 18.8. The number of hydrogen-bond donors (Lipinski definition) is 1. The lowest BCUT2D eigenvalue weighted by molar-refractivity contribution is 0.122. The molecule has 1 saturated heterocycles. The molecule has 1 aliphatic rings. The zero-order valence-electron chi connectivity index (χ0n) is 15.2. The molecular formula is C20H19N7O. The minimum atomic E-state index is 0.741. The summed E-state index contributed by atoms with van der Waals surface area (Å²) >= 11 is 0. The van der Waals surface area contributed by atoms with E-state index in [4.69, 9.17) is 4.74 Å². The van der Waals surface area contributed by atoms with Crippen molar-refractivity contribution in [3.05, 3.63) is 61.4 Å². The van der Waals surface area contributed by atoms with E-state index in [0.29, 0.717) is 0 Å². The molecule has 0 spiro atoms. The zero-order valence-corrected chi connectivity index (χ0v) is 15.2. The molecule has 1 fully saturated rings. The summed E-state index contributed by atoms with van der Waals surface area (Å²) in [6.45, 7) is 3.25. The first-order chi connectivity index (χ1) is 13.9. The maximum Gasteiger partial charge on any atom is 0.158 e. The van der Waals surface area contributed by atoms with E-state index in [0.717, 1.165) is 60.3 Å². The van der Waals surface area contributed by atoms with Gasteiger partial charge in [0.05, 0.1) is 13.2 Å². The van der Waals surface area contributed by atoms with Crippen LogP contribution in [0.4, 0.5) is 17.3 Å². The summed E-state index contributed by atoms with van der Waals surface area (Å²) in [6, 6.07) is 10.0. The Morgan fingerprint density at radius 2 is 1.82 bits per heavy atom. The molecule has 140 valence electrons. The standard InChI is InChI=1S/C20H19N7O/c1-2-19(26-7-9-28-10-8-26)22-12-15(1)16-11-18-20(23-14-24-27(18)13-16)25-17-3-5-21-6-4-17/h1-6,11-14H,7-10H2,(H,21,23,24,25). The molecule has 0 saturated carbocycles. The van der Waals surface area contributed by atoms with Crippen LogP contribution in [0.3, 0.4) is 0 Å². The second kappa shape index (κ2) is 7.24. The molecule has 4 aromatic rings. The van der Waals surface area contributed by atoms with Crippen molar-refractivity contribution in [2.45, 2.75) is 0 Å². The van der Waals surface area contributed by atoms with Crippen molar-refractivity contribution in [2.75, 3.05) is 36.5 Å². The molecule has 8 nitrogen and oxygen atoms in total. The number of aromatic nitrogens is 5. The summed E-state index contributed by atoms with van der Waals surface area (Å²) in [7, 11) is 0. The predicted octanol–water partition coefficient (Wildman–Crippen LogP) is 2.77. The molecule has 1 aliphatic heterocycles. The smallest absolute Gasteiger partial charge is 0.158 e. The van der Waals surface area contributed by atoms with Gasteiger partial charge < -0.3 is 15.0 Å². The minimum Gasteiger partial charge on any atom is -0.378 e. The van der Waals surface area contributed by atoms with Gasteiger partial charge in [-0.15, -0.1) is 0 Å². The molecule has 0 aromatic carbocycles. The van der Waals surface area contributed by atoms with Crippen LogP contribution >= 0.6 is 0 Å². The lowest BCUT2D eigenvalue weighted by atomic mass is 10.1. The Labute approximate surface area is 161 Å². The van der Waals surface area contributed by atoms with Crippen molar-refractivity contribution < 1.29 is 4.74 Å². The third-order valence-electron chi connectivity index (χ3n) is 4.77. The van der Waals surface area contributed by atoms with Gasteiger partial charge in [-0.3, -0.25) is 4.98 Å². The number of rotatable bonds is 4. The highest BCUT2D eigenvalue weighted by atomic mass is 16.5. The number of hydrogen-bond acceptors (Lipinski definition) is 7. The predicted molar refractivity (Wildman–Crippen MR) is 107 cm³/mol. The second-order valence-corrected chi connectivity index (χ2v) is 6.53. The minimum absolute atomic E-state index is 0.741. The maximum atomic E-state index is 5.41. The Bertz CT molecular complexity index is 1070. The second-order valence-electron chi connectivity index (χ2n) is 6.53. The Morgan fingerprint density at radius 3 is 2.61 bits per heavy atom. The summed E-state index contributed by atoms with van der Waals surface area (Å²) in [5.74, 6) is 1.72. The van der Waals surface area contributed by atoms with Crippen LogP contribution in [0.15, 0.2) is 61.4 Å². The Morgan fingerprint density at radius 1 is 0.964 bits per heavy atom. The van der Waals surface area contributed by atoms with Gasteiger partial charge in [-0.05, 0) is 30.3 Å². The van der Waals surface area contributed by atoms with E-state index < -0.39 is 0 Å².